The van der Waals surface area contributed by atoms with Crippen LogP contribution in [0.2, 0.25) is 0 Å². The Labute approximate surface area is 99.8 Å². The minimum Gasteiger partial charge on any atom is -0.393 e. The van der Waals surface area contributed by atoms with Crippen LogP contribution in [0.25, 0.3) is 0 Å². The van der Waals surface area contributed by atoms with E-state index in [9.17, 15) is 5.11 Å². The van der Waals surface area contributed by atoms with E-state index in [-0.39, 0.29) is 6.10 Å². The monoisotopic (exact) mass is 225 g/mol. The highest BCUT2D eigenvalue weighted by Gasteiger charge is 2.19. The van der Waals surface area contributed by atoms with Crippen molar-refractivity contribution in [3.63, 3.8) is 0 Å². The van der Waals surface area contributed by atoms with Gasteiger partial charge in [0.2, 0.25) is 0 Å². The molecular weight excluding hydrogens is 198 g/mol. The molecular formula is C14H27NO. The number of aliphatic hydroxyl groups is 1. The van der Waals surface area contributed by atoms with E-state index in [1.807, 2.05) is 0 Å². The van der Waals surface area contributed by atoms with E-state index in [4.69, 9.17) is 0 Å². The molecule has 2 aliphatic rings. The summed E-state index contributed by atoms with van der Waals surface area (Å²) in [4.78, 5) is 0. The molecule has 94 valence electrons. The summed E-state index contributed by atoms with van der Waals surface area (Å²) < 4.78 is 0. The van der Waals surface area contributed by atoms with Crippen molar-refractivity contribution in [2.45, 2.75) is 63.9 Å². The van der Waals surface area contributed by atoms with E-state index in [0.29, 0.717) is 0 Å². The van der Waals surface area contributed by atoms with Crippen molar-refractivity contribution < 1.29 is 5.11 Å². The first kappa shape index (κ1) is 12.4. The van der Waals surface area contributed by atoms with Crippen molar-refractivity contribution in [1.82, 2.24) is 5.32 Å². The molecule has 2 saturated carbocycles. The molecule has 0 spiro atoms. The maximum absolute atomic E-state index is 9.42. The van der Waals surface area contributed by atoms with E-state index in [2.05, 4.69) is 5.32 Å². The van der Waals surface area contributed by atoms with E-state index < -0.39 is 0 Å². The average Bonchev–Trinajstić information content (AvgIpc) is 2.80. The Morgan fingerprint density at radius 2 is 1.56 bits per heavy atom. The third kappa shape index (κ3) is 4.06. The van der Waals surface area contributed by atoms with Gasteiger partial charge < -0.3 is 10.4 Å². The van der Waals surface area contributed by atoms with E-state index in [1.54, 1.807) is 0 Å². The van der Waals surface area contributed by atoms with Gasteiger partial charge in [-0.15, -0.1) is 0 Å². The van der Waals surface area contributed by atoms with Crippen LogP contribution >= 0.6 is 0 Å². The zero-order chi connectivity index (χ0) is 11.2. The highest BCUT2D eigenvalue weighted by molar-refractivity contribution is 4.74. The fourth-order valence-corrected chi connectivity index (χ4v) is 3.26. The lowest BCUT2D eigenvalue weighted by molar-refractivity contribution is 0.108. The van der Waals surface area contributed by atoms with Crippen molar-refractivity contribution in [3.05, 3.63) is 0 Å². The van der Waals surface area contributed by atoms with Gasteiger partial charge in [0.05, 0.1) is 6.10 Å². The Morgan fingerprint density at radius 3 is 2.25 bits per heavy atom. The molecule has 2 aliphatic carbocycles. The van der Waals surface area contributed by atoms with Crippen molar-refractivity contribution in [2.24, 2.45) is 11.8 Å². The van der Waals surface area contributed by atoms with E-state index >= 15 is 0 Å². The maximum atomic E-state index is 9.42. The van der Waals surface area contributed by atoms with Crippen LogP contribution in [0, 0.1) is 11.8 Å². The van der Waals surface area contributed by atoms with Gasteiger partial charge in [0.15, 0.2) is 0 Å². The van der Waals surface area contributed by atoms with Gasteiger partial charge >= 0.3 is 0 Å². The molecule has 0 aliphatic heterocycles. The Hall–Kier alpha value is -0.0800. The lowest BCUT2D eigenvalue weighted by Crippen LogP contribution is -2.29. The zero-order valence-electron chi connectivity index (χ0n) is 10.5. The third-order valence-electron chi connectivity index (χ3n) is 4.45. The molecule has 2 N–H and O–H groups in total. The van der Waals surface area contributed by atoms with Gasteiger partial charge in [0.25, 0.3) is 0 Å². The molecule has 0 aromatic heterocycles. The molecule has 2 rings (SSSR count). The summed E-state index contributed by atoms with van der Waals surface area (Å²) in [5.41, 5.74) is 0. The summed E-state index contributed by atoms with van der Waals surface area (Å²) >= 11 is 0. The van der Waals surface area contributed by atoms with Gasteiger partial charge in [0.1, 0.15) is 0 Å². The second kappa shape index (κ2) is 6.61. The first-order chi connectivity index (χ1) is 7.84. The molecule has 0 unspecified atom stereocenters. The minimum atomic E-state index is -0.00487. The van der Waals surface area contributed by atoms with Crippen LogP contribution in [0.5, 0.6) is 0 Å². The summed E-state index contributed by atoms with van der Waals surface area (Å²) in [5, 5.41) is 13.0. The van der Waals surface area contributed by atoms with Crippen molar-refractivity contribution in [1.29, 1.82) is 0 Å². The van der Waals surface area contributed by atoms with Crippen LogP contribution in [0.4, 0.5) is 0 Å². The standard InChI is InChI=1S/C14H27NO/c16-14-7-5-13(6-8-14)11-15-10-9-12-3-1-2-4-12/h12-16H,1-11H2. The first-order valence-electron chi connectivity index (χ1n) is 7.23. The first-order valence-corrected chi connectivity index (χ1v) is 7.23. The predicted molar refractivity (Wildman–Crippen MR) is 67.4 cm³/mol. The number of hydrogen-bond donors (Lipinski definition) is 2. The number of rotatable bonds is 5. The van der Waals surface area contributed by atoms with Gasteiger partial charge in [-0.3, -0.25) is 0 Å². The molecule has 0 radical (unpaired) electrons. The molecule has 0 aromatic carbocycles. The predicted octanol–water partition coefficient (Wildman–Crippen LogP) is 2.71. The maximum Gasteiger partial charge on any atom is 0.0540 e. The Balaban J connectivity index is 1.48. The largest absolute Gasteiger partial charge is 0.393 e. The molecule has 2 nitrogen and oxygen atoms in total. The molecule has 0 amide bonds. The normalized spacial score (nSPS) is 32.1. The zero-order valence-corrected chi connectivity index (χ0v) is 10.5. The van der Waals surface area contributed by atoms with Crippen molar-refractivity contribution >= 4 is 0 Å². The van der Waals surface area contributed by atoms with Gasteiger partial charge in [0, 0.05) is 0 Å². The minimum absolute atomic E-state index is 0.00487. The van der Waals surface area contributed by atoms with Crippen LogP contribution in [0.1, 0.15) is 57.8 Å². The topological polar surface area (TPSA) is 32.3 Å². The van der Waals surface area contributed by atoms with Crippen molar-refractivity contribution in [2.75, 3.05) is 13.1 Å². The summed E-state index contributed by atoms with van der Waals surface area (Å²) in [6, 6.07) is 0. The van der Waals surface area contributed by atoms with Crippen LogP contribution in [0.3, 0.4) is 0 Å². The average molecular weight is 225 g/mol. The van der Waals surface area contributed by atoms with E-state index in [1.165, 1.54) is 58.0 Å². The fraction of sp³-hybridized carbons (Fsp3) is 1.00. The molecule has 16 heavy (non-hydrogen) atoms. The summed E-state index contributed by atoms with van der Waals surface area (Å²) in [7, 11) is 0. The Kier molecular flexibility index (Phi) is 5.11. The van der Waals surface area contributed by atoms with Crippen LogP contribution < -0.4 is 5.32 Å². The number of nitrogens with one attached hydrogen (secondary N) is 1. The second-order valence-electron chi connectivity index (χ2n) is 5.82. The molecule has 0 atom stereocenters. The summed E-state index contributed by atoms with van der Waals surface area (Å²) in [6.07, 6.45) is 11.7. The second-order valence-corrected chi connectivity index (χ2v) is 5.82. The quantitative estimate of drug-likeness (QED) is 0.705. The Bertz CT molecular complexity index is 181. The van der Waals surface area contributed by atoms with Crippen molar-refractivity contribution in [3.8, 4) is 0 Å². The van der Waals surface area contributed by atoms with Gasteiger partial charge in [-0.2, -0.15) is 0 Å². The molecule has 0 saturated heterocycles. The molecule has 0 aromatic rings. The summed E-state index contributed by atoms with van der Waals surface area (Å²) in [5.74, 6) is 1.84. The molecule has 2 fully saturated rings. The van der Waals surface area contributed by atoms with Gasteiger partial charge in [-0.05, 0) is 57.0 Å². The molecule has 2 heteroatoms. The molecule has 0 heterocycles. The van der Waals surface area contributed by atoms with Crippen LogP contribution in [0.15, 0.2) is 0 Å². The fourth-order valence-electron chi connectivity index (χ4n) is 3.26. The lowest BCUT2D eigenvalue weighted by Gasteiger charge is -2.25. The number of aliphatic hydroxyl groups excluding tert-OH is 1. The number of hydrogen-bond acceptors (Lipinski definition) is 2. The lowest BCUT2D eigenvalue weighted by atomic mass is 9.87. The molecule has 0 bridgehead atoms. The smallest absolute Gasteiger partial charge is 0.0540 e. The summed E-state index contributed by atoms with van der Waals surface area (Å²) in [6.45, 7) is 2.39. The van der Waals surface area contributed by atoms with Crippen LogP contribution in [-0.4, -0.2) is 24.3 Å². The highest BCUT2D eigenvalue weighted by Crippen LogP contribution is 2.27. The van der Waals surface area contributed by atoms with E-state index in [0.717, 1.165) is 24.7 Å². The Morgan fingerprint density at radius 1 is 0.875 bits per heavy atom. The van der Waals surface area contributed by atoms with Crippen LogP contribution in [-0.2, 0) is 0 Å². The van der Waals surface area contributed by atoms with Gasteiger partial charge in [-0.1, -0.05) is 25.7 Å². The third-order valence-corrected chi connectivity index (χ3v) is 4.45. The van der Waals surface area contributed by atoms with Gasteiger partial charge in [-0.25, -0.2) is 0 Å². The highest BCUT2D eigenvalue weighted by atomic mass is 16.3. The SMILES string of the molecule is OC1CCC(CNCCC2CCCC2)CC1.